The molecule has 3 heterocycles. The molecular weight excluding hydrogens is 366 g/mol. The average Bonchev–Trinajstić information content (AvgIpc) is 3.25. The Bertz CT molecular complexity index is 1050. The van der Waals surface area contributed by atoms with Gasteiger partial charge in [-0.3, -0.25) is 0 Å². The molecule has 1 aromatic carbocycles. The lowest BCUT2D eigenvalue weighted by molar-refractivity contribution is -0.0166. The maximum absolute atomic E-state index is 10.8. The molecule has 0 radical (unpaired) electrons. The van der Waals surface area contributed by atoms with Gasteiger partial charge in [-0.2, -0.15) is 0 Å². The van der Waals surface area contributed by atoms with Crippen LogP contribution in [0.5, 0.6) is 5.75 Å². The minimum absolute atomic E-state index is 0.271. The molecule has 1 saturated carbocycles. The van der Waals surface area contributed by atoms with Gasteiger partial charge < -0.3 is 24.4 Å². The molecule has 0 unspecified atom stereocenters. The highest BCUT2D eigenvalue weighted by Gasteiger charge is 2.44. The van der Waals surface area contributed by atoms with E-state index in [2.05, 4.69) is 29.9 Å². The molecule has 6 nitrogen and oxygen atoms in total. The summed E-state index contributed by atoms with van der Waals surface area (Å²) in [5, 5.41) is 22.6. The van der Waals surface area contributed by atoms with E-state index in [1.54, 1.807) is 6.20 Å². The molecule has 1 fully saturated rings. The molecule has 0 bridgehead atoms. The fourth-order valence-electron chi connectivity index (χ4n) is 4.81. The van der Waals surface area contributed by atoms with Crippen molar-refractivity contribution in [3.63, 3.8) is 0 Å². The van der Waals surface area contributed by atoms with Crippen molar-refractivity contribution < 1.29 is 14.9 Å². The number of nitrogens with zero attached hydrogens (tertiary/aromatic N) is 3. The molecule has 2 aliphatic rings. The highest BCUT2D eigenvalue weighted by Crippen LogP contribution is 2.37. The van der Waals surface area contributed by atoms with E-state index < -0.39 is 18.3 Å². The fourth-order valence-corrected chi connectivity index (χ4v) is 4.81. The molecule has 5 rings (SSSR count). The number of hydrogen-bond acceptors (Lipinski definition) is 5. The largest absolute Gasteiger partial charge is 0.487 e. The average molecular weight is 393 g/mol. The van der Waals surface area contributed by atoms with E-state index in [9.17, 15) is 10.2 Å². The Morgan fingerprint density at radius 3 is 2.86 bits per heavy atom. The van der Waals surface area contributed by atoms with Crippen LogP contribution in [-0.2, 0) is 13.0 Å². The van der Waals surface area contributed by atoms with Crippen molar-refractivity contribution in [3.05, 3.63) is 59.4 Å². The highest BCUT2D eigenvalue weighted by atomic mass is 16.5. The van der Waals surface area contributed by atoms with Crippen LogP contribution >= 0.6 is 0 Å². The Kier molecular flexibility index (Phi) is 4.57. The number of aliphatic hydroxyl groups is 2. The van der Waals surface area contributed by atoms with Crippen LogP contribution in [0.1, 0.15) is 29.2 Å². The van der Waals surface area contributed by atoms with Crippen molar-refractivity contribution in [2.45, 2.75) is 50.7 Å². The van der Waals surface area contributed by atoms with Gasteiger partial charge in [-0.25, -0.2) is 4.98 Å². The predicted molar refractivity (Wildman–Crippen MR) is 111 cm³/mol. The summed E-state index contributed by atoms with van der Waals surface area (Å²) < 4.78 is 8.27. The molecular formula is C23H27N3O3. The maximum atomic E-state index is 10.8. The van der Waals surface area contributed by atoms with E-state index in [-0.39, 0.29) is 6.04 Å². The fraction of sp³-hybridized carbons (Fsp3) is 0.435. The molecule has 3 aromatic rings. The molecule has 152 valence electrons. The van der Waals surface area contributed by atoms with Crippen LogP contribution in [0.25, 0.3) is 11.0 Å². The molecule has 29 heavy (non-hydrogen) atoms. The summed E-state index contributed by atoms with van der Waals surface area (Å²) >= 11 is 0. The number of benzene rings is 1. The quantitative estimate of drug-likeness (QED) is 0.715. The van der Waals surface area contributed by atoms with E-state index in [0.29, 0.717) is 6.42 Å². The van der Waals surface area contributed by atoms with Gasteiger partial charge in [0.1, 0.15) is 29.7 Å². The third-order valence-corrected chi connectivity index (χ3v) is 6.48. The zero-order valence-electron chi connectivity index (χ0n) is 16.8. The first-order valence-corrected chi connectivity index (χ1v) is 10.3. The van der Waals surface area contributed by atoms with Gasteiger partial charge in [0, 0.05) is 37.3 Å². The minimum Gasteiger partial charge on any atom is -0.487 e. The van der Waals surface area contributed by atoms with Gasteiger partial charge in [-0.1, -0.05) is 12.1 Å². The van der Waals surface area contributed by atoms with Gasteiger partial charge in [-0.15, -0.1) is 0 Å². The molecule has 2 N–H and O–H groups in total. The monoisotopic (exact) mass is 393 g/mol. The van der Waals surface area contributed by atoms with Gasteiger partial charge in [0.25, 0.3) is 0 Å². The van der Waals surface area contributed by atoms with E-state index in [0.717, 1.165) is 41.9 Å². The second-order valence-electron chi connectivity index (χ2n) is 8.41. The van der Waals surface area contributed by atoms with E-state index in [1.165, 1.54) is 11.1 Å². The van der Waals surface area contributed by atoms with Gasteiger partial charge in [0.05, 0.1) is 6.04 Å². The molecule has 0 saturated heterocycles. The topological polar surface area (TPSA) is 70.8 Å². The Morgan fingerprint density at radius 2 is 2.00 bits per heavy atom. The molecule has 1 aliphatic heterocycles. The van der Waals surface area contributed by atoms with Crippen molar-refractivity contribution in [1.82, 2.24) is 14.5 Å². The summed E-state index contributed by atoms with van der Waals surface area (Å²) in [6.45, 7) is 3.95. The van der Waals surface area contributed by atoms with Gasteiger partial charge in [-0.05, 0) is 55.3 Å². The number of aromatic nitrogens is 2. The van der Waals surface area contributed by atoms with Gasteiger partial charge in [0.2, 0.25) is 0 Å². The molecule has 1 aliphatic carbocycles. The van der Waals surface area contributed by atoms with Crippen LogP contribution in [0.15, 0.2) is 42.7 Å². The number of aryl methyl sites for hydroxylation is 1. The number of aliphatic hydroxyl groups excluding tert-OH is 2. The molecule has 4 atom stereocenters. The summed E-state index contributed by atoms with van der Waals surface area (Å²) in [7, 11) is 2.12. The number of pyridine rings is 1. The van der Waals surface area contributed by atoms with Gasteiger partial charge >= 0.3 is 0 Å². The van der Waals surface area contributed by atoms with Crippen LogP contribution < -0.4 is 4.74 Å². The predicted octanol–water partition coefficient (Wildman–Crippen LogP) is 2.45. The number of ether oxygens (including phenoxy) is 1. The van der Waals surface area contributed by atoms with Crippen molar-refractivity contribution in [3.8, 4) is 5.75 Å². The summed E-state index contributed by atoms with van der Waals surface area (Å²) in [5.74, 6) is 0.832. The molecule has 6 heteroatoms. The number of rotatable bonds is 3. The van der Waals surface area contributed by atoms with Crippen LogP contribution in [0, 0.1) is 6.92 Å². The normalized spacial score (nSPS) is 27.3. The van der Waals surface area contributed by atoms with Crippen molar-refractivity contribution in [1.29, 1.82) is 0 Å². The lowest BCUT2D eigenvalue weighted by atomic mass is 9.99. The lowest BCUT2D eigenvalue weighted by Gasteiger charge is -2.28. The van der Waals surface area contributed by atoms with E-state index in [4.69, 9.17) is 4.74 Å². The van der Waals surface area contributed by atoms with Crippen LogP contribution in [0.3, 0.4) is 0 Å². The van der Waals surface area contributed by atoms with E-state index in [1.807, 2.05) is 35.0 Å². The standard InChI is InChI=1S/C23H27N3O3/c1-14-6-9-24-23-16(14)8-11-26(23)18-12-20(22(28)21(18)27)29-19-5-3-4-15-13-25(2)10-7-17(15)19/h3-6,8-9,11,18,20-22,27-28H,7,10,12-13H2,1-2H3/t18-,20+,21+,22-/m1/s1. The van der Waals surface area contributed by atoms with Gasteiger partial charge in [0.15, 0.2) is 0 Å². The summed E-state index contributed by atoms with van der Waals surface area (Å²) in [6, 6.07) is 9.86. The molecule has 0 spiro atoms. The van der Waals surface area contributed by atoms with Crippen LogP contribution in [0.4, 0.5) is 0 Å². The summed E-state index contributed by atoms with van der Waals surface area (Å²) in [4.78, 5) is 6.80. The zero-order valence-corrected chi connectivity index (χ0v) is 16.8. The first-order valence-electron chi connectivity index (χ1n) is 10.3. The molecule has 0 amide bonds. The number of fused-ring (bicyclic) bond motifs is 2. The van der Waals surface area contributed by atoms with E-state index >= 15 is 0 Å². The lowest BCUT2D eigenvalue weighted by Crippen LogP contribution is -2.34. The first-order chi connectivity index (χ1) is 14.0. The van der Waals surface area contributed by atoms with Crippen molar-refractivity contribution in [2.75, 3.05) is 13.6 Å². The minimum atomic E-state index is -0.940. The van der Waals surface area contributed by atoms with Crippen LogP contribution in [0.2, 0.25) is 0 Å². The smallest absolute Gasteiger partial charge is 0.140 e. The van der Waals surface area contributed by atoms with Crippen LogP contribution in [-0.4, -0.2) is 56.6 Å². The number of hydrogen-bond donors (Lipinski definition) is 2. The SMILES string of the molecule is Cc1ccnc2c1ccn2[C@@H]1C[C@H](Oc2cccc3c2CCN(C)C3)[C@@H](O)[C@H]1O. The third kappa shape index (κ3) is 3.12. The zero-order chi connectivity index (χ0) is 20.1. The second-order valence-corrected chi connectivity index (χ2v) is 8.41. The summed E-state index contributed by atoms with van der Waals surface area (Å²) in [5.41, 5.74) is 4.48. The van der Waals surface area contributed by atoms with Crippen molar-refractivity contribution >= 4 is 11.0 Å². The molecule has 2 aromatic heterocycles. The third-order valence-electron chi connectivity index (χ3n) is 6.48. The number of likely N-dealkylation sites (N-methyl/N-ethyl adjacent to an activating group) is 1. The first kappa shape index (κ1) is 18.6. The summed E-state index contributed by atoms with van der Waals surface area (Å²) in [6.07, 6.45) is 2.91. The van der Waals surface area contributed by atoms with Crippen molar-refractivity contribution in [2.24, 2.45) is 0 Å². The Morgan fingerprint density at radius 1 is 1.14 bits per heavy atom. The second kappa shape index (κ2) is 7.13. The Hall–Kier alpha value is -2.41. The Balaban J connectivity index is 1.42. The highest BCUT2D eigenvalue weighted by molar-refractivity contribution is 5.79. The maximum Gasteiger partial charge on any atom is 0.140 e. The Labute approximate surface area is 170 Å².